The molecule has 0 radical (unpaired) electrons. The highest BCUT2D eigenvalue weighted by Crippen LogP contribution is 2.41. The zero-order valence-electron chi connectivity index (χ0n) is 14.2. The third-order valence-corrected chi connectivity index (χ3v) is 4.35. The summed E-state index contributed by atoms with van der Waals surface area (Å²) < 4.78 is 0. The molecule has 0 aliphatic rings. The van der Waals surface area contributed by atoms with Crippen molar-refractivity contribution in [1.82, 2.24) is 5.32 Å². The molecule has 0 bridgehead atoms. The monoisotopic (exact) mass is 312 g/mol. The number of carbonyl (C=O) groups is 1. The second kappa shape index (κ2) is 9.11. The number of nitrogens with one attached hydrogen (secondary N) is 1. The molecule has 23 heavy (non-hydrogen) atoms. The summed E-state index contributed by atoms with van der Waals surface area (Å²) in [4.78, 5) is 12.7. The number of hydrogen-bond donors (Lipinski definition) is 2. The first-order valence-electron chi connectivity index (χ1n) is 8.03. The zero-order valence-corrected chi connectivity index (χ0v) is 14.2. The Balaban J connectivity index is 3.69. The summed E-state index contributed by atoms with van der Waals surface area (Å²) in [6.45, 7) is 10.5. The minimum Gasteiger partial charge on any atom is -0.369 e. The van der Waals surface area contributed by atoms with Gasteiger partial charge >= 0.3 is 0 Å². The first-order chi connectivity index (χ1) is 11.1. The van der Waals surface area contributed by atoms with Crippen molar-refractivity contribution in [3.63, 3.8) is 0 Å². The van der Waals surface area contributed by atoms with E-state index < -0.39 is 5.41 Å². The topological polar surface area (TPSA) is 55.1 Å². The van der Waals surface area contributed by atoms with Crippen LogP contribution in [0.25, 0.3) is 0 Å². The average molecular weight is 312 g/mol. The van der Waals surface area contributed by atoms with Gasteiger partial charge < -0.3 is 11.1 Å². The van der Waals surface area contributed by atoms with E-state index in [1.807, 2.05) is 43.5 Å². The molecule has 3 N–H and O–H groups in total. The molecule has 2 atom stereocenters. The van der Waals surface area contributed by atoms with Gasteiger partial charge in [0, 0.05) is 0 Å². The van der Waals surface area contributed by atoms with Crippen LogP contribution in [0.15, 0.2) is 67.3 Å². The highest BCUT2D eigenvalue weighted by Gasteiger charge is 2.46. The Morgan fingerprint density at radius 2 is 2.00 bits per heavy atom. The highest BCUT2D eigenvalue weighted by molar-refractivity contribution is 5.92. The van der Waals surface area contributed by atoms with E-state index in [0.29, 0.717) is 13.0 Å². The van der Waals surface area contributed by atoms with E-state index in [4.69, 9.17) is 5.73 Å². The summed E-state index contributed by atoms with van der Waals surface area (Å²) in [5.41, 5.74) is 6.83. The van der Waals surface area contributed by atoms with E-state index in [9.17, 15) is 4.79 Å². The van der Waals surface area contributed by atoms with Crippen LogP contribution in [0.5, 0.6) is 0 Å². The molecule has 0 spiro atoms. The lowest BCUT2D eigenvalue weighted by Gasteiger charge is -2.40. The van der Waals surface area contributed by atoms with E-state index in [1.54, 1.807) is 12.2 Å². The van der Waals surface area contributed by atoms with Crippen LogP contribution in [0.4, 0.5) is 0 Å². The van der Waals surface area contributed by atoms with Gasteiger partial charge in [-0.1, -0.05) is 68.5 Å². The van der Waals surface area contributed by atoms with Crippen molar-refractivity contribution in [2.75, 3.05) is 13.6 Å². The van der Waals surface area contributed by atoms with Crippen LogP contribution in [-0.2, 0) is 10.2 Å². The molecule has 1 rings (SSSR count). The fraction of sp³-hybridized carbons (Fsp3) is 0.350. The van der Waals surface area contributed by atoms with Gasteiger partial charge in [-0.3, -0.25) is 4.79 Å². The zero-order chi connectivity index (χ0) is 17.3. The van der Waals surface area contributed by atoms with Gasteiger partial charge in [0.25, 0.3) is 0 Å². The molecule has 0 aliphatic carbocycles. The molecule has 3 nitrogen and oxygen atoms in total. The molecule has 2 unspecified atom stereocenters. The normalized spacial score (nSPS) is 15.5. The number of nitrogens with two attached hydrogens (primary N) is 1. The van der Waals surface area contributed by atoms with Crippen LogP contribution in [-0.4, -0.2) is 19.5 Å². The van der Waals surface area contributed by atoms with Gasteiger partial charge in [-0.05, 0) is 37.1 Å². The Kier molecular flexibility index (Phi) is 7.49. The second-order valence-corrected chi connectivity index (χ2v) is 5.59. The first-order valence-corrected chi connectivity index (χ1v) is 8.03. The number of hydrogen-bond acceptors (Lipinski definition) is 2. The molecule has 124 valence electrons. The maximum absolute atomic E-state index is 12.7. The first kappa shape index (κ1) is 18.9. The summed E-state index contributed by atoms with van der Waals surface area (Å²) in [6, 6.07) is 9.75. The molecular weight excluding hydrogens is 284 g/mol. The lowest BCUT2D eigenvalue weighted by atomic mass is 9.63. The number of primary amides is 1. The Bertz CT molecular complexity index is 562. The highest BCUT2D eigenvalue weighted by atomic mass is 16.1. The Labute approximate surface area is 140 Å². The third kappa shape index (κ3) is 3.80. The number of amides is 1. The lowest BCUT2D eigenvalue weighted by molar-refractivity contribution is -0.124. The van der Waals surface area contributed by atoms with Gasteiger partial charge in [0.05, 0.1) is 0 Å². The van der Waals surface area contributed by atoms with Gasteiger partial charge in [0.2, 0.25) is 5.91 Å². The maximum atomic E-state index is 12.7. The molecule has 3 heteroatoms. The Morgan fingerprint density at radius 1 is 1.35 bits per heavy atom. The number of benzene rings is 1. The summed E-state index contributed by atoms with van der Waals surface area (Å²) >= 11 is 0. The lowest BCUT2D eigenvalue weighted by Crippen LogP contribution is -2.51. The van der Waals surface area contributed by atoms with Gasteiger partial charge in [-0.15, -0.1) is 6.58 Å². The van der Waals surface area contributed by atoms with E-state index in [0.717, 1.165) is 17.6 Å². The molecule has 0 heterocycles. The minimum absolute atomic E-state index is 0.0291. The van der Waals surface area contributed by atoms with E-state index >= 15 is 0 Å². The van der Waals surface area contributed by atoms with E-state index in [2.05, 4.69) is 25.4 Å². The quantitative estimate of drug-likeness (QED) is 0.514. The fourth-order valence-corrected chi connectivity index (χ4v) is 3.29. The summed E-state index contributed by atoms with van der Waals surface area (Å²) in [5.74, 6) is -0.317. The molecule has 0 saturated carbocycles. The van der Waals surface area contributed by atoms with Crippen LogP contribution in [0.1, 0.15) is 25.3 Å². The van der Waals surface area contributed by atoms with Crippen molar-refractivity contribution >= 4 is 5.91 Å². The Morgan fingerprint density at radius 3 is 2.43 bits per heavy atom. The molecule has 1 aromatic rings. The predicted octanol–water partition coefficient (Wildman–Crippen LogP) is 3.34. The van der Waals surface area contributed by atoms with Crippen molar-refractivity contribution in [1.29, 1.82) is 0 Å². The van der Waals surface area contributed by atoms with Crippen LogP contribution in [0.2, 0.25) is 0 Å². The smallest absolute Gasteiger partial charge is 0.232 e. The molecule has 0 fully saturated rings. The molecule has 0 saturated heterocycles. The summed E-state index contributed by atoms with van der Waals surface area (Å²) in [6.07, 6.45) is 7.03. The third-order valence-electron chi connectivity index (χ3n) is 4.35. The number of carbonyl (C=O) groups excluding carboxylic acids is 1. The van der Waals surface area contributed by atoms with Crippen LogP contribution < -0.4 is 11.1 Å². The standard InChI is InChI=1S/C20H28N2O/c1-5-8-12-16(6-2)20(19(21)23,17(7-3)15-22-4)18-13-10-9-11-14-18/h5-6,9-14,17,22H,1-2,7-8,15H2,3-4H3,(H2,21,23)/b16-12+. The van der Waals surface area contributed by atoms with Crippen LogP contribution in [0, 0.1) is 5.92 Å². The van der Waals surface area contributed by atoms with Gasteiger partial charge in [-0.25, -0.2) is 0 Å². The van der Waals surface area contributed by atoms with E-state index in [1.165, 1.54) is 0 Å². The Hall–Kier alpha value is -2.13. The largest absolute Gasteiger partial charge is 0.369 e. The molecule has 1 amide bonds. The maximum Gasteiger partial charge on any atom is 0.232 e. The number of allylic oxidation sites excluding steroid dienone is 3. The second-order valence-electron chi connectivity index (χ2n) is 5.59. The van der Waals surface area contributed by atoms with Crippen molar-refractivity contribution in [2.45, 2.75) is 25.2 Å². The van der Waals surface area contributed by atoms with Crippen LogP contribution in [0.3, 0.4) is 0 Å². The molecular formula is C20H28N2O. The van der Waals surface area contributed by atoms with Gasteiger partial charge in [0.15, 0.2) is 0 Å². The molecule has 0 aliphatic heterocycles. The van der Waals surface area contributed by atoms with Crippen molar-refractivity contribution in [3.8, 4) is 0 Å². The van der Waals surface area contributed by atoms with Gasteiger partial charge in [0.1, 0.15) is 5.41 Å². The minimum atomic E-state index is -0.899. The predicted molar refractivity (Wildman–Crippen MR) is 98.1 cm³/mol. The van der Waals surface area contributed by atoms with Crippen molar-refractivity contribution in [2.24, 2.45) is 11.7 Å². The molecule has 0 aromatic heterocycles. The summed E-state index contributed by atoms with van der Waals surface area (Å²) in [7, 11) is 1.89. The van der Waals surface area contributed by atoms with Gasteiger partial charge in [-0.2, -0.15) is 0 Å². The van der Waals surface area contributed by atoms with Crippen molar-refractivity contribution < 1.29 is 4.79 Å². The fourth-order valence-electron chi connectivity index (χ4n) is 3.29. The van der Waals surface area contributed by atoms with E-state index in [-0.39, 0.29) is 11.8 Å². The van der Waals surface area contributed by atoms with Crippen LogP contribution >= 0.6 is 0 Å². The van der Waals surface area contributed by atoms with Crippen molar-refractivity contribution in [3.05, 3.63) is 72.9 Å². The SMILES string of the molecule is C=CC/C=C(\C=C)C(C(N)=O)(c1ccccc1)C(CC)CNC. The summed E-state index contributed by atoms with van der Waals surface area (Å²) in [5, 5.41) is 3.19. The molecule has 1 aromatic carbocycles. The number of rotatable bonds is 10. The average Bonchev–Trinajstić information content (AvgIpc) is 2.57.